The van der Waals surface area contributed by atoms with E-state index >= 15 is 0 Å². The summed E-state index contributed by atoms with van der Waals surface area (Å²) in [6.07, 6.45) is 6.63. The van der Waals surface area contributed by atoms with Crippen LogP contribution in [0.4, 0.5) is 9.52 Å². The molecule has 2 aromatic heterocycles. The molecule has 0 aliphatic carbocycles. The molecule has 2 aliphatic heterocycles. The van der Waals surface area contributed by atoms with Gasteiger partial charge in [-0.3, -0.25) is 19.3 Å². The number of hydrogen-bond acceptors (Lipinski definition) is 11. The number of pyridine rings is 1. The Morgan fingerprint density at radius 2 is 2.11 bits per heavy atom. The lowest BCUT2D eigenvalue weighted by Gasteiger charge is -2.49. The molecule has 4 heterocycles. The lowest BCUT2D eigenvalue weighted by atomic mass is 10.0. The Kier molecular flexibility index (Phi) is 7.96. The number of carbonyl (C=O) groups is 4. The molecule has 1 fully saturated rings. The second-order valence-corrected chi connectivity index (χ2v) is 9.61. The number of anilines is 1. The summed E-state index contributed by atoms with van der Waals surface area (Å²) in [5.41, 5.74) is 10.8. The first-order chi connectivity index (χ1) is 18.2. The summed E-state index contributed by atoms with van der Waals surface area (Å²) in [6, 6.07) is 2.05. The van der Waals surface area contributed by atoms with Crippen molar-refractivity contribution in [2.75, 3.05) is 18.3 Å². The van der Waals surface area contributed by atoms with Gasteiger partial charge in [0.15, 0.2) is 24.1 Å². The number of amides is 3. The highest BCUT2D eigenvalue weighted by molar-refractivity contribution is 8.00. The standard InChI is InChI=1S/C21H19FN8O6S2/c22-9-36-27-12(16-26-21(24)38-28-16)17(32)25-13-18(33)30-14(20(34)35)11(8-37-19(13)30)2-1-5-29-6-3-10(4-7-29)15(23)31/h1-4,6-7,13,19H,5,8-9H2,(H5-,23,24,25,26,28,31,32,34,35)/p+1/b2-1+,27-12-/t13-,19-/m1/s1. The van der Waals surface area contributed by atoms with Crippen molar-refractivity contribution in [1.82, 2.24) is 19.6 Å². The molecule has 38 heavy (non-hydrogen) atoms. The van der Waals surface area contributed by atoms with Crippen molar-refractivity contribution < 1.29 is 38.1 Å². The smallest absolute Gasteiger partial charge is 0.352 e. The van der Waals surface area contributed by atoms with Gasteiger partial charge in [0.25, 0.3) is 18.7 Å². The summed E-state index contributed by atoms with van der Waals surface area (Å²) in [6.45, 7) is -0.945. The SMILES string of the molecule is NC(=O)c1cc[n+](C/C=C/C2=C(C(=O)O)N3C(=O)[C@@H](NC(=O)/C(=N\OCF)c4nsc(N)n4)[C@H]3SC2)cc1. The monoisotopic (exact) mass is 563 g/mol. The van der Waals surface area contributed by atoms with Gasteiger partial charge in [-0.25, -0.2) is 13.8 Å². The molecule has 198 valence electrons. The molecule has 17 heteroatoms. The number of fused-ring (bicyclic) bond motifs is 1. The first-order valence-electron chi connectivity index (χ1n) is 10.7. The molecular formula is C21H20FN8O6S2+. The van der Waals surface area contributed by atoms with Gasteiger partial charge in [-0.15, -0.1) is 11.8 Å². The fourth-order valence-electron chi connectivity index (χ4n) is 3.64. The summed E-state index contributed by atoms with van der Waals surface area (Å²) >= 11 is 2.04. The Morgan fingerprint density at radius 1 is 1.37 bits per heavy atom. The zero-order chi connectivity index (χ0) is 27.4. The lowest BCUT2D eigenvalue weighted by Crippen LogP contribution is -2.71. The van der Waals surface area contributed by atoms with E-state index in [1.807, 2.05) is 0 Å². The molecule has 0 unspecified atom stereocenters. The van der Waals surface area contributed by atoms with Crippen LogP contribution in [0.3, 0.4) is 0 Å². The van der Waals surface area contributed by atoms with Crippen molar-refractivity contribution in [3.8, 4) is 0 Å². The summed E-state index contributed by atoms with van der Waals surface area (Å²) in [5, 5.41) is 15.0. The number of primary amides is 1. The van der Waals surface area contributed by atoms with Crippen LogP contribution in [0.2, 0.25) is 0 Å². The number of carboxylic acid groups (broad SMARTS) is 1. The van der Waals surface area contributed by atoms with Crippen molar-refractivity contribution in [2.45, 2.75) is 18.0 Å². The van der Waals surface area contributed by atoms with E-state index in [-0.39, 0.29) is 22.4 Å². The Balaban J connectivity index is 1.47. The number of aromatic nitrogens is 3. The number of alkyl halides is 1. The summed E-state index contributed by atoms with van der Waals surface area (Å²) in [5.74, 6) is -3.37. The van der Waals surface area contributed by atoms with Gasteiger partial charge in [0.05, 0.1) is 5.56 Å². The number of thioether (sulfide) groups is 1. The van der Waals surface area contributed by atoms with E-state index < -0.39 is 47.7 Å². The maximum Gasteiger partial charge on any atom is 0.352 e. The second kappa shape index (κ2) is 11.3. The van der Waals surface area contributed by atoms with Gasteiger partial charge < -0.3 is 26.7 Å². The van der Waals surface area contributed by atoms with E-state index in [0.29, 0.717) is 17.7 Å². The molecule has 14 nitrogen and oxygen atoms in total. The van der Waals surface area contributed by atoms with E-state index in [1.165, 1.54) is 11.8 Å². The number of allylic oxidation sites excluding steroid dienone is 2. The minimum atomic E-state index is -1.31. The fourth-order valence-corrected chi connectivity index (χ4v) is 5.40. The van der Waals surface area contributed by atoms with Crippen LogP contribution in [0.5, 0.6) is 0 Å². The van der Waals surface area contributed by atoms with Gasteiger partial charge in [-0.05, 0) is 11.6 Å². The highest BCUT2D eigenvalue weighted by atomic mass is 32.2. The van der Waals surface area contributed by atoms with Crippen LogP contribution in [-0.2, 0) is 25.8 Å². The molecule has 2 aromatic rings. The number of nitrogens with two attached hydrogens (primary N) is 2. The third-order valence-electron chi connectivity index (χ3n) is 5.37. The number of carbonyl (C=O) groups excluding carboxylic acids is 3. The molecule has 2 atom stereocenters. The van der Waals surface area contributed by atoms with Gasteiger partial charge in [0.2, 0.25) is 17.4 Å². The summed E-state index contributed by atoms with van der Waals surface area (Å²) in [4.78, 5) is 58.2. The number of β-lactam (4-membered cyclic amide) rings is 1. The van der Waals surface area contributed by atoms with E-state index in [1.54, 1.807) is 41.2 Å². The van der Waals surface area contributed by atoms with Crippen LogP contribution < -0.4 is 21.4 Å². The van der Waals surface area contributed by atoms with Crippen LogP contribution in [-0.4, -0.2) is 72.8 Å². The van der Waals surface area contributed by atoms with Gasteiger partial charge >= 0.3 is 5.97 Å². The summed E-state index contributed by atoms with van der Waals surface area (Å²) < 4.78 is 18.1. The average molecular weight is 564 g/mol. The highest BCUT2D eigenvalue weighted by Gasteiger charge is 2.54. The van der Waals surface area contributed by atoms with Crippen LogP contribution in [0, 0.1) is 0 Å². The highest BCUT2D eigenvalue weighted by Crippen LogP contribution is 2.40. The number of nitrogens with one attached hydrogen (secondary N) is 1. The molecule has 0 radical (unpaired) electrons. The van der Waals surface area contributed by atoms with E-state index in [0.717, 1.165) is 16.4 Å². The van der Waals surface area contributed by atoms with Crippen molar-refractivity contribution in [1.29, 1.82) is 0 Å². The predicted octanol–water partition coefficient (Wildman–Crippen LogP) is -0.851. The van der Waals surface area contributed by atoms with E-state index in [2.05, 4.69) is 24.7 Å². The number of rotatable bonds is 10. The largest absolute Gasteiger partial charge is 0.477 e. The normalized spacial score (nSPS) is 19.2. The average Bonchev–Trinajstić information content (AvgIpc) is 3.32. The summed E-state index contributed by atoms with van der Waals surface area (Å²) in [7, 11) is 0. The molecule has 4 rings (SSSR count). The number of oxime groups is 1. The lowest BCUT2D eigenvalue weighted by molar-refractivity contribution is -0.687. The number of hydrogen-bond donors (Lipinski definition) is 4. The van der Waals surface area contributed by atoms with E-state index in [9.17, 15) is 28.7 Å². The maximum atomic E-state index is 12.9. The van der Waals surface area contributed by atoms with Gasteiger partial charge in [-0.2, -0.15) is 9.36 Å². The number of aliphatic carboxylic acids is 1. The maximum absolute atomic E-state index is 12.9. The molecule has 0 aromatic carbocycles. The minimum absolute atomic E-state index is 0.0346. The van der Waals surface area contributed by atoms with Crippen LogP contribution in [0.25, 0.3) is 0 Å². The number of nitrogens with zero attached hydrogens (tertiary/aromatic N) is 5. The van der Waals surface area contributed by atoms with Gasteiger partial charge in [-0.1, -0.05) is 11.2 Å². The molecule has 0 spiro atoms. The van der Waals surface area contributed by atoms with Crippen molar-refractivity contribution in [3.63, 3.8) is 0 Å². The third kappa shape index (κ3) is 5.47. The Bertz CT molecular complexity index is 1380. The Hall–Kier alpha value is -4.38. The van der Waals surface area contributed by atoms with E-state index in [4.69, 9.17) is 11.5 Å². The number of nitrogen functional groups attached to an aromatic ring is 1. The minimum Gasteiger partial charge on any atom is -0.477 e. The molecule has 6 N–H and O–H groups in total. The zero-order valence-corrected chi connectivity index (χ0v) is 20.9. The van der Waals surface area contributed by atoms with Crippen LogP contribution in [0.15, 0.2) is 53.1 Å². The molecule has 0 bridgehead atoms. The topological polar surface area (TPSA) is 207 Å². The van der Waals surface area contributed by atoms with Gasteiger partial charge in [0, 0.05) is 29.4 Å². The van der Waals surface area contributed by atoms with Crippen LogP contribution in [0.1, 0.15) is 16.2 Å². The molecular weight excluding hydrogens is 543 g/mol. The second-order valence-electron chi connectivity index (χ2n) is 7.72. The molecule has 0 saturated carbocycles. The first-order valence-corrected chi connectivity index (χ1v) is 12.6. The molecule has 1 saturated heterocycles. The van der Waals surface area contributed by atoms with Crippen molar-refractivity contribution >= 4 is 57.8 Å². The first kappa shape index (κ1) is 26.7. The number of carboxylic acids is 1. The third-order valence-corrected chi connectivity index (χ3v) is 7.22. The Labute approximate surface area is 222 Å². The van der Waals surface area contributed by atoms with Crippen molar-refractivity contribution in [2.24, 2.45) is 10.9 Å². The number of halogens is 1. The molecule has 2 aliphatic rings. The molecule has 3 amide bonds. The predicted molar refractivity (Wildman–Crippen MR) is 132 cm³/mol. The quantitative estimate of drug-likeness (QED) is 0.122. The van der Waals surface area contributed by atoms with Crippen LogP contribution >= 0.6 is 23.3 Å². The zero-order valence-electron chi connectivity index (χ0n) is 19.3. The van der Waals surface area contributed by atoms with Gasteiger partial charge in [0.1, 0.15) is 17.1 Å². The van der Waals surface area contributed by atoms with Crippen molar-refractivity contribution in [3.05, 3.63) is 59.3 Å². The Morgan fingerprint density at radius 3 is 2.71 bits per heavy atom. The fraction of sp³-hybridized carbons (Fsp3) is 0.238.